The number of aromatic nitrogens is 2. The minimum Gasteiger partial charge on any atom is -0.466 e. The van der Waals surface area contributed by atoms with E-state index in [1.165, 1.54) is 0 Å². The number of nitrogens with one attached hydrogen (secondary N) is 1. The number of piperidine rings is 1. The van der Waals surface area contributed by atoms with Crippen molar-refractivity contribution >= 4 is 23.3 Å². The molecule has 0 unspecified atom stereocenters. The predicted octanol–water partition coefficient (Wildman–Crippen LogP) is 1.46. The van der Waals surface area contributed by atoms with Gasteiger partial charge in [0.15, 0.2) is 5.11 Å². The topological polar surface area (TPSA) is 59.4 Å². The van der Waals surface area contributed by atoms with Crippen LogP contribution in [-0.4, -0.2) is 45.5 Å². The van der Waals surface area contributed by atoms with Crippen molar-refractivity contribution in [2.75, 3.05) is 19.7 Å². The van der Waals surface area contributed by atoms with Gasteiger partial charge in [-0.3, -0.25) is 9.48 Å². The lowest BCUT2D eigenvalue weighted by Crippen LogP contribution is -2.44. The van der Waals surface area contributed by atoms with Crippen molar-refractivity contribution in [3.8, 4) is 0 Å². The number of ether oxygens (including phenoxy) is 1. The molecule has 6 nitrogen and oxygen atoms in total. The Morgan fingerprint density at radius 3 is 2.82 bits per heavy atom. The minimum atomic E-state index is -0.0853. The number of rotatable bonds is 5. The number of carbonyl (C=O) groups excluding carboxylic acids is 1. The fourth-order valence-electron chi connectivity index (χ4n) is 2.65. The summed E-state index contributed by atoms with van der Waals surface area (Å²) in [5.41, 5.74) is 1.10. The van der Waals surface area contributed by atoms with Crippen molar-refractivity contribution in [1.29, 1.82) is 0 Å². The summed E-state index contributed by atoms with van der Waals surface area (Å²) in [6.07, 6.45) is 4.26. The smallest absolute Gasteiger partial charge is 0.306 e. The van der Waals surface area contributed by atoms with Gasteiger partial charge in [-0.2, -0.15) is 5.10 Å². The normalized spacial score (nSPS) is 15.6. The molecule has 7 heteroatoms. The second-order valence-electron chi connectivity index (χ2n) is 5.54. The van der Waals surface area contributed by atoms with Gasteiger partial charge in [-0.15, -0.1) is 0 Å². The highest BCUT2D eigenvalue weighted by atomic mass is 32.1. The Kier molecular flexibility index (Phi) is 6.18. The lowest BCUT2D eigenvalue weighted by Gasteiger charge is -2.33. The summed E-state index contributed by atoms with van der Waals surface area (Å²) in [6, 6.07) is 1.97. The van der Waals surface area contributed by atoms with E-state index in [0.717, 1.165) is 36.7 Å². The van der Waals surface area contributed by atoms with Gasteiger partial charge in [-0.05, 0) is 44.0 Å². The maximum atomic E-state index is 11.5. The first-order chi connectivity index (χ1) is 10.6. The molecule has 1 aliphatic rings. The largest absolute Gasteiger partial charge is 0.466 e. The second-order valence-corrected chi connectivity index (χ2v) is 5.93. The first-order valence-electron chi connectivity index (χ1n) is 7.75. The molecule has 1 aromatic heterocycles. The molecule has 0 amide bonds. The molecule has 122 valence electrons. The lowest BCUT2D eigenvalue weighted by atomic mass is 9.94. The van der Waals surface area contributed by atoms with Crippen LogP contribution in [0, 0.1) is 5.92 Å². The predicted molar refractivity (Wildman–Crippen MR) is 88.2 cm³/mol. The summed E-state index contributed by atoms with van der Waals surface area (Å²) in [7, 11) is 1.92. The van der Waals surface area contributed by atoms with Gasteiger partial charge >= 0.3 is 5.97 Å². The van der Waals surface area contributed by atoms with E-state index >= 15 is 0 Å². The molecular formula is C15H24N4O2S. The van der Waals surface area contributed by atoms with Crippen LogP contribution in [0.2, 0.25) is 0 Å². The highest BCUT2D eigenvalue weighted by Gasteiger charge is 2.23. The van der Waals surface area contributed by atoms with Crippen LogP contribution in [-0.2, 0) is 23.1 Å². The van der Waals surface area contributed by atoms with E-state index in [2.05, 4.69) is 15.3 Å². The molecule has 0 atom stereocenters. The molecule has 22 heavy (non-hydrogen) atoms. The molecule has 0 saturated carbocycles. The highest BCUT2D eigenvalue weighted by molar-refractivity contribution is 7.80. The van der Waals surface area contributed by atoms with E-state index < -0.39 is 0 Å². The maximum Gasteiger partial charge on any atom is 0.306 e. The number of likely N-dealkylation sites (tertiary alicyclic amines) is 1. The van der Waals surface area contributed by atoms with E-state index in [1.807, 2.05) is 24.7 Å². The zero-order chi connectivity index (χ0) is 15.9. The van der Waals surface area contributed by atoms with Crippen LogP contribution in [0.5, 0.6) is 0 Å². The van der Waals surface area contributed by atoms with Crippen LogP contribution in [0.1, 0.15) is 31.9 Å². The van der Waals surface area contributed by atoms with E-state index in [0.29, 0.717) is 25.5 Å². The third kappa shape index (κ3) is 4.69. The number of esters is 1. The van der Waals surface area contributed by atoms with Gasteiger partial charge < -0.3 is 15.0 Å². The minimum absolute atomic E-state index is 0.0853. The van der Waals surface area contributed by atoms with Crippen molar-refractivity contribution in [1.82, 2.24) is 20.0 Å². The zero-order valence-electron chi connectivity index (χ0n) is 13.2. The van der Waals surface area contributed by atoms with Crippen LogP contribution in [0.25, 0.3) is 0 Å². The van der Waals surface area contributed by atoms with Gasteiger partial charge in [0.1, 0.15) is 0 Å². The zero-order valence-corrected chi connectivity index (χ0v) is 14.1. The molecule has 1 aliphatic heterocycles. The van der Waals surface area contributed by atoms with Crippen LogP contribution < -0.4 is 5.32 Å². The molecule has 2 rings (SSSR count). The van der Waals surface area contributed by atoms with Crippen LogP contribution >= 0.6 is 12.2 Å². The number of thiocarbonyl (C=S) groups is 1. The summed E-state index contributed by atoms with van der Waals surface area (Å²) >= 11 is 5.45. The molecule has 0 aromatic carbocycles. The molecule has 0 spiro atoms. The van der Waals surface area contributed by atoms with Gasteiger partial charge in [0.05, 0.1) is 18.8 Å². The van der Waals surface area contributed by atoms with Gasteiger partial charge in [0.25, 0.3) is 0 Å². The van der Waals surface area contributed by atoms with Crippen molar-refractivity contribution in [3.63, 3.8) is 0 Å². The lowest BCUT2D eigenvalue weighted by molar-refractivity contribution is -0.144. The van der Waals surface area contributed by atoms with E-state index in [4.69, 9.17) is 17.0 Å². The number of hydrogen-bond acceptors (Lipinski definition) is 4. The first-order valence-corrected chi connectivity index (χ1v) is 8.16. The molecular weight excluding hydrogens is 300 g/mol. The summed E-state index contributed by atoms with van der Waals surface area (Å²) in [6.45, 7) is 4.76. The summed E-state index contributed by atoms with van der Waals surface area (Å²) < 4.78 is 6.85. The summed E-state index contributed by atoms with van der Waals surface area (Å²) in [5, 5.41) is 8.19. The monoisotopic (exact) mass is 324 g/mol. The molecule has 2 heterocycles. The quantitative estimate of drug-likeness (QED) is 0.654. The molecule has 1 saturated heterocycles. The number of aryl methyl sites for hydroxylation is 1. The molecule has 0 aliphatic carbocycles. The molecule has 0 bridgehead atoms. The number of nitrogens with zero attached hydrogens (tertiary/aromatic N) is 3. The van der Waals surface area contributed by atoms with E-state index in [9.17, 15) is 4.79 Å². The third-order valence-corrected chi connectivity index (χ3v) is 4.41. The van der Waals surface area contributed by atoms with Crippen molar-refractivity contribution < 1.29 is 9.53 Å². The average Bonchev–Trinajstić information content (AvgIpc) is 2.91. The molecule has 1 fully saturated rings. The maximum absolute atomic E-state index is 11.5. The average molecular weight is 324 g/mol. The first kappa shape index (κ1) is 16.7. The van der Waals surface area contributed by atoms with E-state index in [1.54, 1.807) is 6.20 Å². The van der Waals surface area contributed by atoms with Crippen molar-refractivity contribution in [3.05, 3.63) is 18.0 Å². The van der Waals surface area contributed by atoms with Gasteiger partial charge in [-0.1, -0.05) is 0 Å². The fourth-order valence-corrected chi connectivity index (χ4v) is 2.90. The Bertz CT molecular complexity index is 509. The Balaban J connectivity index is 1.71. The second kappa shape index (κ2) is 8.12. The van der Waals surface area contributed by atoms with Gasteiger partial charge in [0, 0.05) is 32.8 Å². The van der Waals surface area contributed by atoms with E-state index in [-0.39, 0.29) is 5.97 Å². The van der Waals surface area contributed by atoms with Crippen molar-refractivity contribution in [2.45, 2.75) is 32.7 Å². The van der Waals surface area contributed by atoms with Gasteiger partial charge in [-0.25, -0.2) is 0 Å². The van der Waals surface area contributed by atoms with Crippen molar-refractivity contribution in [2.24, 2.45) is 13.0 Å². The molecule has 0 radical (unpaired) electrons. The highest BCUT2D eigenvalue weighted by Crippen LogP contribution is 2.21. The Hall–Kier alpha value is -1.63. The van der Waals surface area contributed by atoms with Crippen LogP contribution in [0.4, 0.5) is 0 Å². The Morgan fingerprint density at radius 2 is 2.23 bits per heavy atom. The number of hydrogen-bond donors (Lipinski definition) is 1. The van der Waals surface area contributed by atoms with Gasteiger partial charge in [0.2, 0.25) is 0 Å². The fraction of sp³-hybridized carbons (Fsp3) is 0.667. The standard InChI is InChI=1S/C15H24N4O2S/c1-3-21-14(20)10-12-5-8-19(9-6-12)15(22)16-11-13-4-7-17-18(13)2/h4,7,12H,3,5-6,8-11H2,1-2H3,(H,16,22). The summed E-state index contributed by atoms with van der Waals surface area (Å²) in [4.78, 5) is 13.7. The summed E-state index contributed by atoms with van der Waals surface area (Å²) in [5.74, 6) is 0.327. The number of carbonyl (C=O) groups is 1. The Labute approximate surface area is 136 Å². The Morgan fingerprint density at radius 1 is 1.50 bits per heavy atom. The molecule has 1 aromatic rings. The van der Waals surface area contributed by atoms with Crippen LogP contribution in [0.3, 0.4) is 0 Å². The van der Waals surface area contributed by atoms with Crippen LogP contribution in [0.15, 0.2) is 12.3 Å². The third-order valence-electron chi connectivity index (χ3n) is 4.01. The molecule has 1 N–H and O–H groups in total. The SMILES string of the molecule is CCOC(=O)CC1CCN(C(=S)NCc2ccnn2C)CC1.